The van der Waals surface area contributed by atoms with Gasteiger partial charge in [0.2, 0.25) is 0 Å². The highest BCUT2D eigenvalue weighted by molar-refractivity contribution is 5.72. The average Bonchev–Trinajstić information content (AvgIpc) is 2.72. The van der Waals surface area contributed by atoms with Gasteiger partial charge in [0.1, 0.15) is 5.60 Å². The van der Waals surface area contributed by atoms with Crippen LogP contribution in [0.4, 0.5) is 0 Å². The predicted molar refractivity (Wildman–Crippen MR) is 69.8 cm³/mol. The second kappa shape index (κ2) is 5.68. The van der Waals surface area contributed by atoms with Gasteiger partial charge < -0.3 is 24.1 Å². The van der Waals surface area contributed by atoms with Crippen molar-refractivity contribution in [2.75, 3.05) is 27.9 Å². The van der Waals surface area contributed by atoms with Gasteiger partial charge in [-0.2, -0.15) is 0 Å². The molecule has 0 aromatic heterocycles. The van der Waals surface area contributed by atoms with Crippen molar-refractivity contribution in [3.8, 4) is 11.5 Å². The lowest BCUT2D eigenvalue weighted by molar-refractivity contribution is -0.151. The minimum absolute atomic E-state index is 0.144. The molecule has 2 unspecified atom stereocenters. The van der Waals surface area contributed by atoms with Crippen molar-refractivity contribution in [1.82, 2.24) is 0 Å². The van der Waals surface area contributed by atoms with E-state index in [0.29, 0.717) is 17.1 Å². The van der Waals surface area contributed by atoms with Crippen LogP contribution in [-0.2, 0) is 19.9 Å². The molecule has 0 saturated carbocycles. The van der Waals surface area contributed by atoms with Crippen molar-refractivity contribution in [2.45, 2.75) is 18.1 Å². The quantitative estimate of drug-likeness (QED) is 0.807. The Balaban J connectivity index is 2.44. The Bertz CT molecular complexity index is 500. The number of hydrogen-bond acceptors (Lipinski definition) is 6. The van der Waals surface area contributed by atoms with Crippen LogP contribution < -0.4 is 9.47 Å². The van der Waals surface area contributed by atoms with Gasteiger partial charge in [0.05, 0.1) is 27.2 Å². The average molecular weight is 282 g/mol. The Morgan fingerprint density at radius 3 is 2.75 bits per heavy atom. The Morgan fingerprint density at radius 1 is 1.40 bits per heavy atom. The van der Waals surface area contributed by atoms with Gasteiger partial charge in [-0.15, -0.1) is 0 Å². The molecule has 0 fully saturated rings. The first kappa shape index (κ1) is 14.6. The number of benzene rings is 1. The topological polar surface area (TPSA) is 74.2 Å². The van der Waals surface area contributed by atoms with Crippen LogP contribution >= 0.6 is 0 Å². The second-order valence-electron chi connectivity index (χ2n) is 4.58. The van der Waals surface area contributed by atoms with E-state index in [1.54, 1.807) is 18.2 Å². The number of carbonyl (C=O) groups excluding carboxylic acids is 1. The Labute approximate surface area is 117 Å². The van der Waals surface area contributed by atoms with Gasteiger partial charge in [0.15, 0.2) is 17.6 Å². The second-order valence-corrected chi connectivity index (χ2v) is 4.58. The summed E-state index contributed by atoms with van der Waals surface area (Å²) in [4.78, 5) is 11.6. The number of ether oxygens (including phenoxy) is 4. The van der Waals surface area contributed by atoms with Crippen LogP contribution in [0.15, 0.2) is 18.2 Å². The lowest BCUT2D eigenvalue weighted by Gasteiger charge is -2.27. The van der Waals surface area contributed by atoms with Crippen molar-refractivity contribution in [2.24, 2.45) is 0 Å². The maximum Gasteiger partial charge on any atom is 0.308 e. The van der Waals surface area contributed by atoms with Crippen LogP contribution in [0.25, 0.3) is 0 Å². The molecule has 0 bridgehead atoms. The summed E-state index contributed by atoms with van der Waals surface area (Å²) in [7, 11) is 4.30. The van der Waals surface area contributed by atoms with Crippen LogP contribution in [0, 0.1) is 0 Å². The predicted octanol–water partition coefficient (Wildman–Crippen LogP) is 0.853. The zero-order chi connectivity index (χ0) is 14.8. The molecule has 0 radical (unpaired) electrons. The number of rotatable bonds is 5. The highest BCUT2D eigenvalue weighted by Crippen LogP contribution is 2.48. The zero-order valence-corrected chi connectivity index (χ0v) is 11.7. The lowest BCUT2D eigenvalue weighted by atomic mass is 9.87. The fourth-order valence-corrected chi connectivity index (χ4v) is 2.38. The van der Waals surface area contributed by atoms with Crippen molar-refractivity contribution >= 4 is 5.97 Å². The number of esters is 1. The third-order valence-electron chi connectivity index (χ3n) is 3.42. The normalized spacial score (nSPS) is 23.9. The van der Waals surface area contributed by atoms with E-state index < -0.39 is 17.7 Å². The van der Waals surface area contributed by atoms with Crippen LogP contribution in [-0.4, -0.2) is 45.1 Å². The standard InChI is InChI=1S/C14H18O6/c1-17-8-11-14(16,7-12(15)19-3)9-5-4-6-10(18-2)13(9)20-11/h4-6,11,16H,7-8H2,1-3H3. The molecule has 1 heterocycles. The monoisotopic (exact) mass is 282 g/mol. The minimum Gasteiger partial charge on any atom is -0.493 e. The molecule has 6 heteroatoms. The summed E-state index contributed by atoms with van der Waals surface area (Å²) in [6.45, 7) is 0.144. The number of hydrogen-bond donors (Lipinski definition) is 1. The van der Waals surface area contributed by atoms with E-state index >= 15 is 0 Å². The molecule has 0 aliphatic carbocycles. The summed E-state index contributed by atoms with van der Waals surface area (Å²) in [6, 6.07) is 5.17. The third-order valence-corrected chi connectivity index (χ3v) is 3.42. The first-order valence-electron chi connectivity index (χ1n) is 6.19. The highest BCUT2D eigenvalue weighted by atomic mass is 16.6. The van der Waals surface area contributed by atoms with Crippen molar-refractivity contribution < 1.29 is 28.8 Å². The van der Waals surface area contributed by atoms with E-state index in [2.05, 4.69) is 4.74 Å². The molecular weight excluding hydrogens is 264 g/mol. The summed E-state index contributed by atoms with van der Waals surface area (Å²) >= 11 is 0. The van der Waals surface area contributed by atoms with Gasteiger partial charge in [-0.1, -0.05) is 12.1 Å². The van der Waals surface area contributed by atoms with E-state index in [-0.39, 0.29) is 13.0 Å². The molecule has 20 heavy (non-hydrogen) atoms. The fraction of sp³-hybridized carbons (Fsp3) is 0.500. The van der Waals surface area contributed by atoms with Crippen LogP contribution in [0.2, 0.25) is 0 Å². The Kier molecular flexibility index (Phi) is 4.15. The van der Waals surface area contributed by atoms with Gasteiger partial charge in [-0.05, 0) is 6.07 Å². The summed E-state index contributed by atoms with van der Waals surface area (Å²) in [5.74, 6) is 0.417. The largest absolute Gasteiger partial charge is 0.493 e. The van der Waals surface area contributed by atoms with Crippen molar-refractivity contribution in [3.05, 3.63) is 23.8 Å². The number of para-hydroxylation sites is 1. The summed E-state index contributed by atoms with van der Waals surface area (Å²) in [5, 5.41) is 10.9. The number of carbonyl (C=O) groups is 1. The van der Waals surface area contributed by atoms with Crippen LogP contribution in [0.1, 0.15) is 12.0 Å². The Hall–Kier alpha value is -1.79. The smallest absolute Gasteiger partial charge is 0.308 e. The number of methoxy groups -OCH3 is 3. The third kappa shape index (κ3) is 2.32. The maximum absolute atomic E-state index is 11.6. The van der Waals surface area contributed by atoms with Gasteiger partial charge in [-0.3, -0.25) is 4.79 Å². The first-order chi connectivity index (χ1) is 9.56. The molecule has 1 aliphatic rings. The number of aliphatic hydroxyl groups is 1. The fourth-order valence-electron chi connectivity index (χ4n) is 2.38. The van der Waals surface area contributed by atoms with E-state index in [1.165, 1.54) is 21.3 Å². The molecule has 2 atom stereocenters. The minimum atomic E-state index is -1.49. The van der Waals surface area contributed by atoms with Crippen molar-refractivity contribution in [3.63, 3.8) is 0 Å². The molecule has 1 aliphatic heterocycles. The van der Waals surface area contributed by atoms with Crippen molar-refractivity contribution in [1.29, 1.82) is 0 Å². The van der Waals surface area contributed by atoms with Gasteiger partial charge in [0.25, 0.3) is 0 Å². The molecule has 1 aromatic rings. The molecule has 0 saturated heterocycles. The first-order valence-corrected chi connectivity index (χ1v) is 6.19. The summed E-state index contributed by atoms with van der Waals surface area (Å²) < 4.78 is 20.6. The number of fused-ring (bicyclic) bond motifs is 1. The van der Waals surface area contributed by atoms with Crippen LogP contribution in [0.3, 0.4) is 0 Å². The highest BCUT2D eigenvalue weighted by Gasteiger charge is 2.50. The molecule has 2 rings (SSSR count). The molecule has 1 aromatic carbocycles. The summed E-state index contributed by atoms with van der Waals surface area (Å²) in [5.41, 5.74) is -0.989. The SMILES string of the molecule is COCC1Oc2c(OC)cccc2C1(O)CC(=O)OC. The molecule has 1 N–H and O–H groups in total. The molecule has 110 valence electrons. The van der Waals surface area contributed by atoms with E-state index in [9.17, 15) is 9.90 Å². The van der Waals surface area contributed by atoms with Gasteiger partial charge >= 0.3 is 5.97 Å². The zero-order valence-electron chi connectivity index (χ0n) is 11.7. The molecule has 0 spiro atoms. The van der Waals surface area contributed by atoms with E-state index in [4.69, 9.17) is 14.2 Å². The van der Waals surface area contributed by atoms with E-state index in [1.807, 2.05) is 0 Å². The lowest BCUT2D eigenvalue weighted by Crippen LogP contribution is -2.43. The summed E-state index contributed by atoms with van der Waals surface area (Å²) in [6.07, 6.45) is -0.907. The van der Waals surface area contributed by atoms with Gasteiger partial charge in [0, 0.05) is 12.7 Å². The Morgan fingerprint density at radius 2 is 2.15 bits per heavy atom. The van der Waals surface area contributed by atoms with Gasteiger partial charge in [-0.25, -0.2) is 0 Å². The van der Waals surface area contributed by atoms with Crippen LogP contribution in [0.5, 0.6) is 11.5 Å². The maximum atomic E-state index is 11.6. The molecule has 6 nitrogen and oxygen atoms in total. The molecule has 0 amide bonds. The van der Waals surface area contributed by atoms with E-state index in [0.717, 1.165) is 0 Å². The molecular formula is C14H18O6.